The van der Waals surface area contributed by atoms with Gasteiger partial charge in [0.1, 0.15) is 11.9 Å². The molecule has 21 heavy (non-hydrogen) atoms. The van der Waals surface area contributed by atoms with E-state index in [-0.39, 0.29) is 12.0 Å². The van der Waals surface area contributed by atoms with Gasteiger partial charge in [-0.25, -0.2) is 0 Å². The third kappa shape index (κ3) is 4.06. The van der Waals surface area contributed by atoms with Crippen molar-refractivity contribution in [3.8, 4) is 5.75 Å². The molecular formula is C15H16BrNO3S. The monoisotopic (exact) mass is 369 g/mol. The molecule has 1 unspecified atom stereocenters. The van der Waals surface area contributed by atoms with Crippen molar-refractivity contribution < 1.29 is 14.3 Å². The first-order chi connectivity index (χ1) is 10.2. The summed E-state index contributed by atoms with van der Waals surface area (Å²) in [5.41, 5.74) is 1.60. The Labute approximate surface area is 136 Å². The Hall–Kier alpha value is -1.37. The minimum atomic E-state index is -0.168. The number of carbonyl (C=O) groups is 1. The third-order valence-electron chi connectivity index (χ3n) is 3.07. The van der Waals surface area contributed by atoms with Gasteiger partial charge in [-0.3, -0.25) is 4.79 Å². The van der Waals surface area contributed by atoms with Crippen LogP contribution in [-0.2, 0) is 4.74 Å². The summed E-state index contributed by atoms with van der Waals surface area (Å²) in [6.07, 6.45) is -0.149. The van der Waals surface area contributed by atoms with Gasteiger partial charge in [0.05, 0.1) is 12.7 Å². The Morgan fingerprint density at radius 2 is 2.19 bits per heavy atom. The highest BCUT2D eigenvalue weighted by Crippen LogP contribution is 2.23. The molecule has 1 amide bonds. The van der Waals surface area contributed by atoms with E-state index in [4.69, 9.17) is 9.47 Å². The molecule has 0 saturated heterocycles. The van der Waals surface area contributed by atoms with Crippen molar-refractivity contribution in [1.82, 2.24) is 5.32 Å². The normalized spacial score (nSPS) is 12.0. The van der Waals surface area contributed by atoms with Crippen LogP contribution in [0.5, 0.6) is 5.75 Å². The van der Waals surface area contributed by atoms with Gasteiger partial charge in [0.2, 0.25) is 0 Å². The van der Waals surface area contributed by atoms with E-state index < -0.39 is 0 Å². The molecule has 6 heteroatoms. The highest BCUT2D eigenvalue weighted by molar-refractivity contribution is 9.10. The van der Waals surface area contributed by atoms with E-state index in [1.165, 1.54) is 0 Å². The van der Waals surface area contributed by atoms with Crippen LogP contribution in [0.4, 0.5) is 0 Å². The number of benzene rings is 1. The number of thiophene rings is 1. The number of halogens is 1. The molecule has 1 aromatic carbocycles. The molecule has 4 nitrogen and oxygen atoms in total. The Morgan fingerprint density at radius 3 is 2.81 bits per heavy atom. The summed E-state index contributed by atoms with van der Waals surface area (Å²) in [6.45, 7) is 0.412. The standard InChI is InChI=1S/C15H16BrNO3S/c1-19-11-3-4-13(16)12(7-11)15(18)17-8-14(20-2)10-5-6-21-9-10/h3-7,9,14H,8H2,1-2H3,(H,17,18). The predicted octanol–water partition coefficient (Wildman–Crippen LogP) is 3.64. The van der Waals surface area contributed by atoms with Crippen molar-refractivity contribution in [3.05, 3.63) is 50.6 Å². The Bertz CT molecular complexity index is 601. The molecule has 0 aliphatic rings. The zero-order valence-corrected chi connectivity index (χ0v) is 14.2. The summed E-state index contributed by atoms with van der Waals surface area (Å²) in [5, 5.41) is 6.89. The Kier molecular flexibility index (Phi) is 5.78. The predicted molar refractivity (Wildman–Crippen MR) is 87.1 cm³/mol. The third-order valence-corrected chi connectivity index (χ3v) is 4.46. The number of ether oxygens (including phenoxy) is 2. The lowest BCUT2D eigenvalue weighted by molar-refractivity contribution is 0.0828. The summed E-state index contributed by atoms with van der Waals surface area (Å²) in [4.78, 5) is 12.3. The second-order valence-corrected chi connectivity index (χ2v) is 5.97. The van der Waals surface area contributed by atoms with Gasteiger partial charge in [-0.05, 0) is 56.5 Å². The number of methoxy groups -OCH3 is 2. The lowest BCUT2D eigenvalue weighted by Crippen LogP contribution is -2.29. The molecule has 0 saturated carbocycles. The van der Waals surface area contributed by atoms with Gasteiger partial charge in [-0.2, -0.15) is 11.3 Å². The molecule has 1 atom stereocenters. The number of hydrogen-bond acceptors (Lipinski definition) is 4. The average molecular weight is 370 g/mol. The zero-order valence-electron chi connectivity index (χ0n) is 11.8. The van der Waals surface area contributed by atoms with E-state index in [2.05, 4.69) is 21.2 Å². The van der Waals surface area contributed by atoms with E-state index in [0.29, 0.717) is 17.9 Å². The van der Waals surface area contributed by atoms with Crippen molar-refractivity contribution in [2.24, 2.45) is 0 Å². The molecule has 0 aliphatic carbocycles. The van der Waals surface area contributed by atoms with E-state index in [1.54, 1.807) is 43.8 Å². The number of amides is 1. The molecule has 2 rings (SSSR count). The average Bonchev–Trinajstić information content (AvgIpc) is 3.02. The van der Waals surface area contributed by atoms with Gasteiger partial charge in [0, 0.05) is 18.1 Å². The maximum Gasteiger partial charge on any atom is 0.252 e. The molecule has 1 N–H and O–H groups in total. The van der Waals surface area contributed by atoms with Gasteiger partial charge in [0.25, 0.3) is 5.91 Å². The fraction of sp³-hybridized carbons (Fsp3) is 0.267. The van der Waals surface area contributed by atoms with Crippen LogP contribution >= 0.6 is 27.3 Å². The van der Waals surface area contributed by atoms with Crippen LogP contribution in [0.25, 0.3) is 0 Å². The van der Waals surface area contributed by atoms with Gasteiger partial charge in [0.15, 0.2) is 0 Å². The number of rotatable bonds is 6. The Balaban J connectivity index is 2.04. The van der Waals surface area contributed by atoms with Crippen LogP contribution in [0.15, 0.2) is 39.5 Å². The summed E-state index contributed by atoms with van der Waals surface area (Å²) in [5.74, 6) is 0.475. The van der Waals surface area contributed by atoms with Crippen molar-refractivity contribution in [1.29, 1.82) is 0 Å². The van der Waals surface area contributed by atoms with Gasteiger partial charge < -0.3 is 14.8 Å². The minimum Gasteiger partial charge on any atom is -0.497 e. The van der Waals surface area contributed by atoms with Crippen LogP contribution in [0.1, 0.15) is 22.0 Å². The van der Waals surface area contributed by atoms with Crippen LogP contribution in [0.3, 0.4) is 0 Å². The van der Waals surface area contributed by atoms with Gasteiger partial charge in [-0.15, -0.1) is 0 Å². The molecule has 0 radical (unpaired) electrons. The quantitative estimate of drug-likeness (QED) is 0.845. The Morgan fingerprint density at radius 1 is 1.38 bits per heavy atom. The fourth-order valence-electron chi connectivity index (χ4n) is 1.88. The van der Waals surface area contributed by atoms with Gasteiger partial charge >= 0.3 is 0 Å². The van der Waals surface area contributed by atoms with E-state index in [0.717, 1.165) is 10.0 Å². The lowest BCUT2D eigenvalue weighted by Gasteiger charge is -2.15. The second kappa shape index (κ2) is 7.59. The smallest absolute Gasteiger partial charge is 0.252 e. The van der Waals surface area contributed by atoms with Crippen molar-refractivity contribution in [2.45, 2.75) is 6.10 Å². The largest absolute Gasteiger partial charge is 0.497 e. The number of carbonyl (C=O) groups excluding carboxylic acids is 1. The summed E-state index contributed by atoms with van der Waals surface area (Å²) < 4.78 is 11.3. The highest BCUT2D eigenvalue weighted by Gasteiger charge is 2.15. The molecule has 1 aromatic heterocycles. The maximum absolute atomic E-state index is 12.3. The minimum absolute atomic E-state index is 0.149. The molecule has 1 heterocycles. The lowest BCUT2D eigenvalue weighted by atomic mass is 10.1. The highest BCUT2D eigenvalue weighted by atomic mass is 79.9. The van der Waals surface area contributed by atoms with Crippen molar-refractivity contribution in [3.63, 3.8) is 0 Å². The van der Waals surface area contributed by atoms with E-state index in [1.807, 2.05) is 16.8 Å². The maximum atomic E-state index is 12.3. The second-order valence-electron chi connectivity index (χ2n) is 4.34. The summed E-state index contributed by atoms with van der Waals surface area (Å²) in [6, 6.07) is 7.28. The topological polar surface area (TPSA) is 47.6 Å². The summed E-state index contributed by atoms with van der Waals surface area (Å²) >= 11 is 4.98. The van der Waals surface area contributed by atoms with Crippen LogP contribution < -0.4 is 10.1 Å². The molecule has 0 fully saturated rings. The molecule has 0 spiro atoms. The molecule has 112 valence electrons. The van der Waals surface area contributed by atoms with Crippen molar-refractivity contribution in [2.75, 3.05) is 20.8 Å². The van der Waals surface area contributed by atoms with E-state index in [9.17, 15) is 4.79 Å². The zero-order chi connectivity index (χ0) is 15.2. The van der Waals surface area contributed by atoms with E-state index >= 15 is 0 Å². The van der Waals surface area contributed by atoms with Crippen LogP contribution in [0, 0.1) is 0 Å². The van der Waals surface area contributed by atoms with Crippen LogP contribution in [-0.4, -0.2) is 26.7 Å². The first-order valence-electron chi connectivity index (χ1n) is 6.32. The van der Waals surface area contributed by atoms with Crippen molar-refractivity contribution >= 4 is 33.2 Å². The molecule has 2 aromatic rings. The SMILES string of the molecule is COc1ccc(Br)c(C(=O)NCC(OC)c2ccsc2)c1. The van der Waals surface area contributed by atoms with Crippen LogP contribution in [0.2, 0.25) is 0 Å². The number of nitrogens with one attached hydrogen (secondary N) is 1. The molecule has 0 aliphatic heterocycles. The summed E-state index contributed by atoms with van der Waals surface area (Å²) in [7, 11) is 3.21. The molecular weight excluding hydrogens is 354 g/mol. The number of hydrogen-bond donors (Lipinski definition) is 1. The fourth-order valence-corrected chi connectivity index (χ4v) is 3.01. The molecule has 0 bridgehead atoms. The first-order valence-corrected chi connectivity index (χ1v) is 8.06. The first kappa shape index (κ1) is 16.0. The van der Waals surface area contributed by atoms with Gasteiger partial charge in [-0.1, -0.05) is 0 Å².